The summed E-state index contributed by atoms with van der Waals surface area (Å²) in [4.78, 5) is 63.1. The molecule has 0 saturated heterocycles. The molecule has 0 aliphatic carbocycles. The lowest BCUT2D eigenvalue weighted by molar-refractivity contribution is -0.172. The van der Waals surface area contributed by atoms with E-state index in [4.69, 9.17) is 5.53 Å². The largest absolute Gasteiger partial charge is 0.481 e. The molecule has 1 aromatic rings. The molecule has 0 bridgehead atoms. The van der Waals surface area contributed by atoms with Crippen molar-refractivity contribution in [2.45, 2.75) is 108 Å². The van der Waals surface area contributed by atoms with Gasteiger partial charge in [-0.25, -0.2) is 9.59 Å². The van der Waals surface area contributed by atoms with Crippen molar-refractivity contribution in [3.05, 3.63) is 52.4 Å². The normalized spacial score (nSPS) is 13.8. The Bertz CT molecular complexity index is 1180. The van der Waals surface area contributed by atoms with Crippen LogP contribution in [0.4, 0.5) is 5.69 Å². The molecule has 0 radical (unpaired) electrons. The van der Waals surface area contributed by atoms with Gasteiger partial charge in [-0.3, -0.25) is 14.4 Å². The molecule has 3 atom stereocenters. The van der Waals surface area contributed by atoms with Crippen LogP contribution in [0.2, 0.25) is 0 Å². The average Bonchev–Trinajstić information content (AvgIpc) is 2.96. The number of aliphatic carboxylic acids is 3. The Morgan fingerprint density at radius 2 is 1.52 bits per heavy atom. The van der Waals surface area contributed by atoms with Crippen LogP contribution in [0, 0.1) is 5.92 Å². The summed E-state index contributed by atoms with van der Waals surface area (Å²) in [6.45, 7) is 2.14. The first-order valence-corrected chi connectivity index (χ1v) is 15.0. The number of hydrogen-bond acceptors (Lipinski definition) is 7. The second-order valence-electron chi connectivity index (χ2n) is 10.8. The molecule has 1 amide bonds. The van der Waals surface area contributed by atoms with Gasteiger partial charge in [-0.2, -0.15) is 0 Å². The maximum Gasteiger partial charge on any atom is 0.337 e. The van der Waals surface area contributed by atoms with Crippen LogP contribution in [0.5, 0.6) is 0 Å². The SMILES string of the molecule is CCCCCCCC(=O)CCCCCC/C=C/C(C(=O)NC(Cc1ccc(N=[N+]=[N-])cc1)C(=O)O)C(O)(CC(=O)O)C(=O)O. The summed E-state index contributed by atoms with van der Waals surface area (Å²) >= 11 is 0. The van der Waals surface area contributed by atoms with Crippen molar-refractivity contribution >= 4 is 35.3 Å². The van der Waals surface area contributed by atoms with Gasteiger partial charge in [0.05, 0.1) is 12.3 Å². The summed E-state index contributed by atoms with van der Waals surface area (Å²) in [5.41, 5.74) is 6.23. The van der Waals surface area contributed by atoms with Crippen LogP contribution < -0.4 is 5.32 Å². The van der Waals surface area contributed by atoms with Crippen molar-refractivity contribution < 1.29 is 44.4 Å². The molecule has 13 heteroatoms. The number of ketones is 1. The second kappa shape index (κ2) is 20.6. The number of nitrogens with one attached hydrogen (secondary N) is 1. The quantitative estimate of drug-likeness (QED) is 0.0325. The van der Waals surface area contributed by atoms with Crippen LogP contribution in [0.15, 0.2) is 41.5 Å². The summed E-state index contributed by atoms with van der Waals surface area (Å²) in [6.07, 6.45) is 11.0. The fraction of sp³-hybridized carbons (Fsp3) is 0.581. The van der Waals surface area contributed by atoms with E-state index in [0.717, 1.165) is 51.0 Å². The minimum atomic E-state index is -3.04. The molecule has 13 nitrogen and oxygen atoms in total. The highest BCUT2D eigenvalue weighted by atomic mass is 16.4. The van der Waals surface area contributed by atoms with Gasteiger partial charge in [-0.1, -0.05) is 87.0 Å². The van der Waals surface area contributed by atoms with Crippen molar-refractivity contribution in [3.8, 4) is 0 Å². The van der Waals surface area contributed by atoms with E-state index in [0.29, 0.717) is 36.9 Å². The lowest BCUT2D eigenvalue weighted by Gasteiger charge is -2.29. The molecule has 0 fully saturated rings. The molecule has 0 aliphatic heterocycles. The third kappa shape index (κ3) is 14.3. The molecule has 1 rings (SSSR count). The Kier molecular flexibility index (Phi) is 17.7. The second-order valence-corrected chi connectivity index (χ2v) is 10.8. The zero-order valence-electron chi connectivity index (χ0n) is 25.2. The number of azide groups is 1. The zero-order chi connectivity index (χ0) is 33.0. The lowest BCUT2D eigenvalue weighted by atomic mass is 9.82. The summed E-state index contributed by atoms with van der Waals surface area (Å²) in [6, 6.07) is 4.35. The highest BCUT2D eigenvalue weighted by Crippen LogP contribution is 2.26. The number of carboxylic acid groups (broad SMARTS) is 3. The number of nitrogens with zero attached hydrogens (tertiary/aromatic N) is 3. The van der Waals surface area contributed by atoms with Crippen LogP contribution in [0.25, 0.3) is 10.4 Å². The van der Waals surface area contributed by atoms with Crippen LogP contribution >= 0.6 is 0 Å². The number of rotatable bonds is 24. The van der Waals surface area contributed by atoms with Gasteiger partial charge in [0.1, 0.15) is 11.8 Å². The standard InChI is InChI=1S/C31H44N4O9/c1-2-3-4-7-10-13-24(36)14-11-8-5-6-9-12-15-25(31(44,30(42)43)21-27(37)38)28(39)33-26(29(40)41)20-22-16-18-23(19-17-22)34-35-32/h12,15-19,25-26,44H,2-11,13-14,20-21H2,1H3,(H,33,39)(H,37,38)(H,40,41)(H,42,43)/b15-12+. The molecule has 44 heavy (non-hydrogen) atoms. The minimum absolute atomic E-state index is 0.222. The summed E-state index contributed by atoms with van der Waals surface area (Å²) in [5.74, 6) is -7.86. The molecule has 242 valence electrons. The number of aliphatic hydroxyl groups is 1. The maximum absolute atomic E-state index is 13.2. The topological polar surface area (TPSA) is 227 Å². The van der Waals surface area contributed by atoms with Crippen molar-refractivity contribution in [2.24, 2.45) is 11.0 Å². The Morgan fingerprint density at radius 3 is 2.05 bits per heavy atom. The average molecular weight is 617 g/mol. The first kappa shape index (κ1) is 37.8. The van der Waals surface area contributed by atoms with Gasteiger partial charge in [0.2, 0.25) is 5.91 Å². The molecule has 5 N–H and O–H groups in total. The van der Waals surface area contributed by atoms with Gasteiger partial charge in [-0.05, 0) is 36.8 Å². The van der Waals surface area contributed by atoms with Gasteiger partial charge in [0.25, 0.3) is 0 Å². The molecule has 0 aromatic heterocycles. The summed E-state index contributed by atoms with van der Waals surface area (Å²) in [7, 11) is 0. The number of carbonyl (C=O) groups excluding carboxylic acids is 2. The van der Waals surface area contributed by atoms with E-state index < -0.39 is 47.8 Å². The molecule has 3 unspecified atom stereocenters. The van der Waals surface area contributed by atoms with E-state index in [9.17, 15) is 44.4 Å². The van der Waals surface area contributed by atoms with Crippen LogP contribution in [-0.4, -0.2) is 61.7 Å². The number of carbonyl (C=O) groups is 5. The summed E-state index contributed by atoms with van der Waals surface area (Å²) in [5, 5.41) is 45.1. The fourth-order valence-electron chi connectivity index (χ4n) is 4.68. The van der Waals surface area contributed by atoms with Crippen molar-refractivity contribution in [1.29, 1.82) is 0 Å². The molecular weight excluding hydrogens is 572 g/mol. The number of allylic oxidation sites excluding steroid dienone is 1. The van der Waals surface area contributed by atoms with E-state index in [-0.39, 0.29) is 12.2 Å². The molecule has 0 saturated carbocycles. The zero-order valence-corrected chi connectivity index (χ0v) is 25.2. The maximum atomic E-state index is 13.2. The van der Waals surface area contributed by atoms with E-state index in [2.05, 4.69) is 22.3 Å². The van der Waals surface area contributed by atoms with Gasteiger partial charge in [0.15, 0.2) is 5.60 Å². The van der Waals surface area contributed by atoms with E-state index in [1.807, 2.05) is 0 Å². The smallest absolute Gasteiger partial charge is 0.337 e. The predicted octanol–water partition coefficient (Wildman–Crippen LogP) is 5.47. The highest BCUT2D eigenvalue weighted by molar-refractivity contribution is 5.94. The van der Waals surface area contributed by atoms with Crippen molar-refractivity contribution in [3.63, 3.8) is 0 Å². The fourth-order valence-corrected chi connectivity index (χ4v) is 4.68. The molecule has 0 spiro atoms. The third-order valence-electron chi connectivity index (χ3n) is 7.20. The van der Waals surface area contributed by atoms with Crippen LogP contribution in [0.1, 0.15) is 96.0 Å². The number of hydrogen-bond donors (Lipinski definition) is 5. The number of amides is 1. The Labute approximate surface area is 257 Å². The monoisotopic (exact) mass is 616 g/mol. The van der Waals surface area contributed by atoms with Gasteiger partial charge >= 0.3 is 17.9 Å². The van der Waals surface area contributed by atoms with Gasteiger partial charge < -0.3 is 25.7 Å². The predicted molar refractivity (Wildman–Crippen MR) is 162 cm³/mol. The minimum Gasteiger partial charge on any atom is -0.481 e. The Hall–Kier alpha value is -4.22. The number of benzene rings is 1. The van der Waals surface area contributed by atoms with Crippen LogP contribution in [0.3, 0.4) is 0 Å². The first-order chi connectivity index (χ1) is 20.9. The van der Waals surface area contributed by atoms with Crippen LogP contribution in [-0.2, 0) is 30.4 Å². The number of unbranched alkanes of at least 4 members (excludes halogenated alkanes) is 8. The summed E-state index contributed by atoms with van der Waals surface area (Å²) < 4.78 is 0. The van der Waals surface area contributed by atoms with Gasteiger partial charge in [0, 0.05) is 29.9 Å². The third-order valence-corrected chi connectivity index (χ3v) is 7.20. The Morgan fingerprint density at radius 1 is 0.932 bits per heavy atom. The molecule has 0 aliphatic rings. The molecular formula is C31H44N4O9. The van der Waals surface area contributed by atoms with Crippen molar-refractivity contribution in [1.82, 2.24) is 5.32 Å². The van der Waals surface area contributed by atoms with E-state index in [1.165, 1.54) is 36.8 Å². The van der Waals surface area contributed by atoms with Crippen molar-refractivity contribution in [2.75, 3.05) is 0 Å². The number of carboxylic acids is 3. The number of Topliss-reactive ketones (excluding diaryl/α,β-unsaturated/α-hetero) is 1. The molecule has 0 heterocycles. The lowest BCUT2D eigenvalue weighted by Crippen LogP contribution is -2.55. The van der Waals surface area contributed by atoms with Gasteiger partial charge in [-0.15, -0.1) is 0 Å². The highest BCUT2D eigenvalue weighted by Gasteiger charge is 2.49. The van der Waals surface area contributed by atoms with E-state index in [1.54, 1.807) is 0 Å². The molecule has 1 aromatic carbocycles. The first-order valence-electron chi connectivity index (χ1n) is 15.0. The Balaban J connectivity index is 2.82. The van der Waals surface area contributed by atoms with E-state index >= 15 is 0 Å².